The molecule has 8 heteroatoms. The number of rotatable bonds is 4. The van der Waals surface area contributed by atoms with Crippen LogP contribution in [0.1, 0.15) is 20.7 Å². The summed E-state index contributed by atoms with van der Waals surface area (Å²) >= 11 is 0. The Morgan fingerprint density at radius 2 is 1.00 bits per heavy atom. The largest absolute Gasteiger partial charge is 0.478 e. The molecule has 0 aliphatic heterocycles. The molecule has 1 aromatic carbocycles. The van der Waals surface area contributed by atoms with Crippen LogP contribution in [0.15, 0.2) is 36.4 Å². The molecule has 0 unspecified atom stereocenters. The first-order valence-electron chi connectivity index (χ1n) is 4.95. The zero-order valence-electron chi connectivity index (χ0n) is 9.89. The van der Waals surface area contributed by atoms with Crippen molar-refractivity contribution in [2.75, 3.05) is 0 Å². The Balaban J connectivity index is 0.000000396. The molecule has 20 heavy (non-hydrogen) atoms. The highest BCUT2D eigenvalue weighted by Crippen LogP contribution is 2.07. The Morgan fingerprint density at radius 3 is 1.20 bits per heavy atom. The molecule has 1 rings (SSSR count). The molecule has 0 heterocycles. The van der Waals surface area contributed by atoms with Gasteiger partial charge in [-0.05, 0) is 12.1 Å². The van der Waals surface area contributed by atoms with Gasteiger partial charge in [0, 0.05) is 12.2 Å². The van der Waals surface area contributed by atoms with Crippen LogP contribution in [-0.2, 0) is 9.59 Å². The summed E-state index contributed by atoms with van der Waals surface area (Å²) < 4.78 is 0. The van der Waals surface area contributed by atoms with Crippen molar-refractivity contribution in [2.24, 2.45) is 0 Å². The van der Waals surface area contributed by atoms with Gasteiger partial charge in [-0.1, -0.05) is 12.1 Å². The molecule has 0 atom stereocenters. The maximum atomic E-state index is 10.5. The Kier molecular flexibility index (Phi) is 6.76. The number of aliphatic carboxylic acids is 2. The molecule has 0 bridgehead atoms. The first-order valence-corrected chi connectivity index (χ1v) is 4.95. The van der Waals surface area contributed by atoms with Crippen LogP contribution < -0.4 is 0 Å². The van der Waals surface area contributed by atoms with Gasteiger partial charge in [0.1, 0.15) is 0 Å². The van der Waals surface area contributed by atoms with E-state index in [0.29, 0.717) is 12.2 Å². The second-order valence-electron chi connectivity index (χ2n) is 3.17. The maximum absolute atomic E-state index is 10.5. The highest BCUT2D eigenvalue weighted by atomic mass is 16.4. The van der Waals surface area contributed by atoms with Gasteiger partial charge >= 0.3 is 23.9 Å². The standard InChI is InChI=1S/C8H6O4.C4H4O4/c9-7(10)5-3-1-2-4-6(5)8(11)12;5-3(6)1-2-4(7)8/h1-4H,(H,9,10)(H,11,12);1-2H,(H,5,6)(H,7,8)/b;2-1-. The third-order valence-electron chi connectivity index (χ3n) is 1.76. The van der Waals surface area contributed by atoms with Crippen LogP contribution >= 0.6 is 0 Å². The Bertz CT molecular complexity index is 509. The average Bonchev–Trinajstić information content (AvgIpc) is 2.37. The molecule has 0 saturated heterocycles. The van der Waals surface area contributed by atoms with Crippen molar-refractivity contribution in [3.63, 3.8) is 0 Å². The van der Waals surface area contributed by atoms with Crippen molar-refractivity contribution in [3.05, 3.63) is 47.5 Å². The minimum Gasteiger partial charge on any atom is -0.478 e. The zero-order chi connectivity index (χ0) is 15.7. The van der Waals surface area contributed by atoms with E-state index in [9.17, 15) is 19.2 Å². The first kappa shape index (κ1) is 16.8. The fourth-order valence-corrected chi connectivity index (χ4v) is 0.999. The molecule has 0 saturated carbocycles. The van der Waals surface area contributed by atoms with Crippen LogP contribution in [0.25, 0.3) is 0 Å². The van der Waals surface area contributed by atoms with Crippen LogP contribution in [0.2, 0.25) is 0 Å². The molecular formula is C12H10O8. The molecule has 0 aliphatic carbocycles. The van der Waals surface area contributed by atoms with E-state index in [4.69, 9.17) is 20.4 Å². The van der Waals surface area contributed by atoms with Gasteiger partial charge in [0.15, 0.2) is 0 Å². The fraction of sp³-hybridized carbons (Fsp3) is 0. The number of benzene rings is 1. The van der Waals surface area contributed by atoms with E-state index in [1.165, 1.54) is 24.3 Å². The number of hydrogen-bond donors (Lipinski definition) is 4. The van der Waals surface area contributed by atoms with Crippen molar-refractivity contribution >= 4 is 23.9 Å². The summed E-state index contributed by atoms with van der Waals surface area (Å²) in [7, 11) is 0. The minimum absolute atomic E-state index is 0.190. The molecule has 0 aromatic heterocycles. The summed E-state index contributed by atoms with van der Waals surface area (Å²) in [5, 5.41) is 32.7. The number of carboxylic acids is 4. The van der Waals surface area contributed by atoms with Crippen LogP contribution in [0, 0.1) is 0 Å². The quantitative estimate of drug-likeness (QED) is 0.592. The van der Waals surface area contributed by atoms with Gasteiger partial charge in [-0.2, -0.15) is 0 Å². The van der Waals surface area contributed by atoms with E-state index >= 15 is 0 Å². The van der Waals surface area contributed by atoms with Crippen molar-refractivity contribution in [1.29, 1.82) is 0 Å². The Labute approximate surface area is 112 Å². The second kappa shape index (κ2) is 8.03. The topological polar surface area (TPSA) is 149 Å². The molecule has 0 amide bonds. The predicted octanol–water partition coefficient (Wildman–Crippen LogP) is 0.795. The van der Waals surface area contributed by atoms with Gasteiger partial charge in [-0.3, -0.25) is 0 Å². The molecule has 0 spiro atoms. The van der Waals surface area contributed by atoms with Crippen molar-refractivity contribution in [2.45, 2.75) is 0 Å². The summed E-state index contributed by atoms with van der Waals surface area (Å²) in [5.74, 6) is -4.97. The van der Waals surface area contributed by atoms with E-state index in [1.807, 2.05) is 0 Å². The molecule has 106 valence electrons. The number of carboxylic acid groups (broad SMARTS) is 4. The van der Waals surface area contributed by atoms with E-state index in [-0.39, 0.29) is 11.1 Å². The number of carbonyl (C=O) groups is 4. The van der Waals surface area contributed by atoms with E-state index in [2.05, 4.69) is 0 Å². The smallest absolute Gasteiger partial charge is 0.336 e. The summed E-state index contributed by atoms with van der Waals surface area (Å²) in [6, 6.07) is 5.48. The third kappa shape index (κ3) is 6.55. The fourth-order valence-electron chi connectivity index (χ4n) is 0.999. The predicted molar refractivity (Wildman–Crippen MR) is 64.8 cm³/mol. The van der Waals surface area contributed by atoms with E-state index in [0.717, 1.165) is 0 Å². The summed E-state index contributed by atoms with van der Waals surface area (Å²) in [4.78, 5) is 40.0. The third-order valence-corrected chi connectivity index (χ3v) is 1.76. The van der Waals surface area contributed by atoms with Gasteiger partial charge in [-0.25, -0.2) is 19.2 Å². The highest BCUT2D eigenvalue weighted by Gasteiger charge is 2.13. The first-order chi connectivity index (χ1) is 9.25. The monoisotopic (exact) mass is 282 g/mol. The summed E-state index contributed by atoms with van der Waals surface area (Å²) in [6.07, 6.45) is 1.12. The average molecular weight is 282 g/mol. The molecule has 4 N–H and O–H groups in total. The molecule has 1 aromatic rings. The lowest BCUT2D eigenvalue weighted by atomic mass is 10.1. The van der Waals surface area contributed by atoms with Crippen molar-refractivity contribution in [3.8, 4) is 0 Å². The van der Waals surface area contributed by atoms with Gasteiger partial charge in [0.25, 0.3) is 0 Å². The van der Waals surface area contributed by atoms with Crippen LogP contribution in [-0.4, -0.2) is 44.3 Å². The minimum atomic E-state index is -1.26. The lowest BCUT2D eigenvalue weighted by Crippen LogP contribution is -2.06. The summed E-state index contributed by atoms with van der Waals surface area (Å²) in [6.45, 7) is 0. The normalized spacial score (nSPS) is 9.40. The van der Waals surface area contributed by atoms with Crippen LogP contribution in [0.5, 0.6) is 0 Å². The van der Waals surface area contributed by atoms with Gasteiger partial charge in [0.05, 0.1) is 11.1 Å². The van der Waals surface area contributed by atoms with Crippen LogP contribution in [0.4, 0.5) is 0 Å². The lowest BCUT2D eigenvalue weighted by molar-refractivity contribution is -0.134. The van der Waals surface area contributed by atoms with E-state index in [1.54, 1.807) is 0 Å². The summed E-state index contributed by atoms with van der Waals surface area (Å²) in [5.41, 5.74) is -0.380. The lowest BCUT2D eigenvalue weighted by Gasteiger charge is -1.98. The number of hydrogen-bond acceptors (Lipinski definition) is 4. The molecular weight excluding hydrogens is 272 g/mol. The SMILES string of the molecule is O=C(O)/C=C\C(=O)O.O=C(O)c1ccccc1C(=O)O. The maximum Gasteiger partial charge on any atom is 0.336 e. The highest BCUT2D eigenvalue weighted by molar-refractivity contribution is 6.01. The number of aromatic carboxylic acids is 2. The molecule has 0 radical (unpaired) electrons. The van der Waals surface area contributed by atoms with Gasteiger partial charge < -0.3 is 20.4 Å². The Morgan fingerprint density at radius 1 is 0.700 bits per heavy atom. The van der Waals surface area contributed by atoms with Crippen molar-refractivity contribution in [1.82, 2.24) is 0 Å². The molecule has 0 aliphatic rings. The molecule has 8 nitrogen and oxygen atoms in total. The van der Waals surface area contributed by atoms with Crippen LogP contribution in [0.3, 0.4) is 0 Å². The van der Waals surface area contributed by atoms with Crippen molar-refractivity contribution < 1.29 is 39.6 Å². The molecule has 0 fully saturated rings. The van der Waals surface area contributed by atoms with Gasteiger partial charge in [-0.15, -0.1) is 0 Å². The van der Waals surface area contributed by atoms with E-state index < -0.39 is 23.9 Å². The second-order valence-corrected chi connectivity index (χ2v) is 3.17. The van der Waals surface area contributed by atoms with Gasteiger partial charge in [0.2, 0.25) is 0 Å². The zero-order valence-corrected chi connectivity index (χ0v) is 9.89. The Hall–Kier alpha value is -3.16.